The van der Waals surface area contributed by atoms with Crippen molar-refractivity contribution >= 4 is 63.3 Å². The molecule has 0 amide bonds. The van der Waals surface area contributed by atoms with Crippen LogP contribution in [0.2, 0.25) is 5.02 Å². The molecule has 0 bridgehead atoms. The van der Waals surface area contributed by atoms with Crippen molar-refractivity contribution < 1.29 is 19.2 Å². The zero-order valence-electron chi connectivity index (χ0n) is 23.3. The molecule has 43 heavy (non-hydrogen) atoms. The van der Waals surface area contributed by atoms with Crippen molar-refractivity contribution in [1.82, 2.24) is 4.57 Å². The summed E-state index contributed by atoms with van der Waals surface area (Å²) >= 11 is 9.73. The third kappa shape index (κ3) is 6.43. The lowest BCUT2D eigenvalue weighted by Gasteiger charge is -2.24. The average molecular weight is 730 g/mol. The number of nitro benzene ring substituents is 1. The van der Waals surface area contributed by atoms with Gasteiger partial charge in [-0.2, -0.15) is 0 Å². The minimum absolute atomic E-state index is 0.00817. The zero-order chi connectivity index (χ0) is 30.8. The predicted molar refractivity (Wildman–Crippen MR) is 173 cm³/mol. The quantitative estimate of drug-likeness (QED) is 0.0974. The lowest BCUT2D eigenvalue weighted by molar-refractivity contribution is -0.384. The van der Waals surface area contributed by atoms with E-state index in [2.05, 4.69) is 27.6 Å². The SMILES string of the molecule is CCOC(=O)C1=C(C)N=c2s/c(=C\c3cc(Cl)cc(I)c3OCc3ccc([N+](=O)[O-])cc3)c(=O)n2[C@@H]1c1ccc(C)cc1. The van der Waals surface area contributed by atoms with Gasteiger partial charge in [-0.3, -0.25) is 19.5 Å². The van der Waals surface area contributed by atoms with E-state index in [4.69, 9.17) is 21.1 Å². The van der Waals surface area contributed by atoms with E-state index in [-0.39, 0.29) is 24.5 Å². The molecule has 1 atom stereocenters. The summed E-state index contributed by atoms with van der Waals surface area (Å²) < 4.78 is 14.2. The first-order chi connectivity index (χ1) is 20.6. The molecule has 0 fully saturated rings. The second kappa shape index (κ2) is 12.8. The number of non-ortho nitro benzene ring substituents is 1. The highest BCUT2D eigenvalue weighted by atomic mass is 127. The van der Waals surface area contributed by atoms with Crippen LogP contribution < -0.4 is 19.6 Å². The standard InChI is InChI=1S/C31H25ClIN3O6S/c1-4-41-30(38)26-18(3)34-31-35(27(26)20-9-5-17(2)6-10-20)29(37)25(43-31)14-21-13-22(32)15-24(33)28(21)42-16-19-7-11-23(12-8-19)36(39)40/h5-15,27H,4,16H2,1-3H3/b25-14-/t27-/m1/s1. The number of aromatic nitrogens is 1. The molecule has 1 aliphatic heterocycles. The number of benzene rings is 3. The highest BCUT2D eigenvalue weighted by molar-refractivity contribution is 14.1. The second-order valence-corrected chi connectivity index (χ2v) is 12.3. The van der Waals surface area contributed by atoms with Crippen LogP contribution in [0.15, 0.2) is 81.7 Å². The molecule has 0 N–H and O–H groups in total. The van der Waals surface area contributed by atoms with Crippen LogP contribution in [0.4, 0.5) is 5.69 Å². The highest BCUT2D eigenvalue weighted by Gasteiger charge is 2.33. The van der Waals surface area contributed by atoms with Crippen LogP contribution in [0, 0.1) is 20.6 Å². The fourth-order valence-corrected chi connectivity index (χ4v) is 6.96. The van der Waals surface area contributed by atoms with Gasteiger partial charge < -0.3 is 9.47 Å². The van der Waals surface area contributed by atoms with Gasteiger partial charge >= 0.3 is 5.97 Å². The molecule has 9 nitrogen and oxygen atoms in total. The van der Waals surface area contributed by atoms with Gasteiger partial charge in [0.25, 0.3) is 11.2 Å². The van der Waals surface area contributed by atoms with E-state index in [0.29, 0.717) is 36.9 Å². The third-order valence-electron chi connectivity index (χ3n) is 6.76. The Morgan fingerprint density at radius 2 is 1.86 bits per heavy atom. The van der Waals surface area contributed by atoms with Gasteiger partial charge in [-0.1, -0.05) is 52.8 Å². The number of nitro groups is 1. The molecule has 0 saturated carbocycles. The average Bonchev–Trinajstić information content (AvgIpc) is 3.26. The first-order valence-corrected chi connectivity index (χ1v) is 15.5. The van der Waals surface area contributed by atoms with E-state index in [1.165, 1.54) is 28.0 Å². The number of ether oxygens (including phenoxy) is 2. The van der Waals surface area contributed by atoms with Gasteiger partial charge in [0.15, 0.2) is 4.80 Å². The number of rotatable bonds is 8. The summed E-state index contributed by atoms with van der Waals surface area (Å²) in [7, 11) is 0. The second-order valence-electron chi connectivity index (χ2n) is 9.73. The summed E-state index contributed by atoms with van der Waals surface area (Å²) in [4.78, 5) is 42.8. The van der Waals surface area contributed by atoms with Crippen LogP contribution >= 0.6 is 45.5 Å². The van der Waals surface area contributed by atoms with Crippen molar-refractivity contribution in [2.24, 2.45) is 4.99 Å². The number of fused-ring (bicyclic) bond motifs is 1. The molecule has 1 aliphatic rings. The Kier molecular flexibility index (Phi) is 9.13. The van der Waals surface area contributed by atoms with Gasteiger partial charge in [0.1, 0.15) is 12.4 Å². The Hall–Kier alpha value is -3.81. The van der Waals surface area contributed by atoms with E-state index in [0.717, 1.165) is 20.3 Å². The number of allylic oxidation sites excluding steroid dienone is 1. The van der Waals surface area contributed by atoms with Crippen LogP contribution in [0.25, 0.3) is 6.08 Å². The number of hydrogen-bond acceptors (Lipinski definition) is 8. The molecule has 3 aromatic carbocycles. The number of nitrogens with zero attached hydrogens (tertiary/aromatic N) is 3. The Morgan fingerprint density at radius 1 is 1.16 bits per heavy atom. The minimum atomic E-state index is -0.713. The minimum Gasteiger partial charge on any atom is -0.487 e. The first kappa shape index (κ1) is 30.6. The van der Waals surface area contributed by atoms with Crippen LogP contribution in [-0.2, 0) is 16.1 Å². The molecule has 0 spiro atoms. The predicted octanol–water partition coefficient (Wildman–Crippen LogP) is 5.85. The summed E-state index contributed by atoms with van der Waals surface area (Å²) in [6.07, 6.45) is 1.71. The Labute approximate surface area is 269 Å². The molecular formula is C31H25ClIN3O6S. The van der Waals surface area contributed by atoms with Gasteiger partial charge in [0.05, 0.1) is 36.9 Å². The van der Waals surface area contributed by atoms with Crippen molar-refractivity contribution in [3.05, 3.63) is 133 Å². The molecule has 0 saturated heterocycles. The normalized spacial score (nSPS) is 14.7. The van der Waals surface area contributed by atoms with E-state index in [1.807, 2.05) is 31.2 Å². The van der Waals surface area contributed by atoms with E-state index in [1.54, 1.807) is 44.2 Å². The van der Waals surface area contributed by atoms with Crippen LogP contribution in [0.3, 0.4) is 0 Å². The number of aryl methyl sites for hydroxylation is 1. The number of thiazole rings is 1. The molecule has 0 unspecified atom stereocenters. The van der Waals surface area contributed by atoms with Crippen molar-refractivity contribution in [2.45, 2.75) is 33.4 Å². The summed E-state index contributed by atoms with van der Waals surface area (Å²) in [5.74, 6) is -0.0115. The van der Waals surface area contributed by atoms with Crippen molar-refractivity contribution in [3.63, 3.8) is 0 Å². The fourth-order valence-electron chi connectivity index (χ4n) is 4.71. The number of esters is 1. The summed E-state index contributed by atoms with van der Waals surface area (Å²) in [6, 6.07) is 16.5. The summed E-state index contributed by atoms with van der Waals surface area (Å²) in [5, 5.41) is 11.5. The fraction of sp³-hybridized carbons (Fsp3) is 0.194. The monoisotopic (exact) mass is 729 g/mol. The Morgan fingerprint density at radius 3 is 2.51 bits per heavy atom. The molecule has 5 rings (SSSR count). The number of halogens is 2. The van der Waals surface area contributed by atoms with E-state index < -0.39 is 16.9 Å². The van der Waals surface area contributed by atoms with Crippen molar-refractivity contribution in [2.75, 3.05) is 6.61 Å². The van der Waals surface area contributed by atoms with Crippen molar-refractivity contribution in [1.29, 1.82) is 0 Å². The van der Waals surface area contributed by atoms with E-state index >= 15 is 0 Å². The van der Waals surface area contributed by atoms with Gasteiger partial charge in [-0.05, 0) is 84.8 Å². The summed E-state index contributed by atoms with van der Waals surface area (Å²) in [5.41, 5.74) is 3.60. The summed E-state index contributed by atoms with van der Waals surface area (Å²) in [6.45, 7) is 5.78. The zero-order valence-corrected chi connectivity index (χ0v) is 27.0. The maximum atomic E-state index is 14.0. The third-order valence-corrected chi connectivity index (χ3v) is 8.77. The smallest absolute Gasteiger partial charge is 0.338 e. The molecule has 0 aliphatic carbocycles. The lowest BCUT2D eigenvalue weighted by atomic mass is 9.95. The number of carbonyl (C=O) groups is 1. The largest absolute Gasteiger partial charge is 0.487 e. The molecule has 220 valence electrons. The maximum Gasteiger partial charge on any atom is 0.338 e. The number of hydrogen-bond donors (Lipinski definition) is 0. The highest BCUT2D eigenvalue weighted by Crippen LogP contribution is 2.33. The van der Waals surface area contributed by atoms with Crippen LogP contribution in [0.5, 0.6) is 5.75 Å². The molecule has 0 radical (unpaired) electrons. The molecule has 1 aromatic heterocycles. The Balaban J connectivity index is 1.60. The van der Waals surface area contributed by atoms with Crippen molar-refractivity contribution in [3.8, 4) is 5.75 Å². The number of carbonyl (C=O) groups excluding carboxylic acids is 1. The lowest BCUT2D eigenvalue weighted by Crippen LogP contribution is -2.39. The molecular weight excluding hydrogens is 705 g/mol. The van der Waals surface area contributed by atoms with Crippen LogP contribution in [-0.4, -0.2) is 22.1 Å². The molecule has 2 heterocycles. The van der Waals surface area contributed by atoms with E-state index in [9.17, 15) is 19.7 Å². The van der Waals surface area contributed by atoms with Gasteiger partial charge in [-0.25, -0.2) is 9.79 Å². The maximum absolute atomic E-state index is 14.0. The van der Waals surface area contributed by atoms with Crippen LogP contribution in [0.1, 0.15) is 42.1 Å². The molecule has 12 heteroatoms. The van der Waals surface area contributed by atoms with Gasteiger partial charge in [0.2, 0.25) is 0 Å². The van der Waals surface area contributed by atoms with Gasteiger partial charge in [0, 0.05) is 22.7 Å². The topological polar surface area (TPSA) is 113 Å². The van der Waals surface area contributed by atoms with Gasteiger partial charge in [-0.15, -0.1) is 0 Å². The molecule has 4 aromatic rings. The Bertz CT molecular complexity index is 1950. The first-order valence-electron chi connectivity index (χ1n) is 13.2.